The Balaban J connectivity index is 1.55. The molecule has 1 aromatic carbocycles. The second-order valence-electron chi connectivity index (χ2n) is 6.72. The quantitative estimate of drug-likeness (QED) is 0.688. The molecule has 1 N–H and O–H groups in total. The van der Waals surface area contributed by atoms with Crippen LogP contribution in [0.15, 0.2) is 29.3 Å². The number of amides is 1. The maximum absolute atomic E-state index is 12.7. The zero-order chi connectivity index (χ0) is 19.7. The Bertz CT molecular complexity index is 1090. The van der Waals surface area contributed by atoms with Crippen LogP contribution in [0, 0.1) is 6.92 Å². The van der Waals surface area contributed by atoms with Gasteiger partial charge in [0.25, 0.3) is 5.56 Å². The van der Waals surface area contributed by atoms with Gasteiger partial charge in [0.1, 0.15) is 12.9 Å². The van der Waals surface area contributed by atoms with E-state index in [1.54, 1.807) is 6.07 Å². The molecule has 0 saturated carbocycles. The van der Waals surface area contributed by atoms with Crippen molar-refractivity contribution < 1.29 is 9.53 Å². The summed E-state index contributed by atoms with van der Waals surface area (Å²) >= 11 is 6.17. The predicted molar refractivity (Wildman–Crippen MR) is 103 cm³/mol. The van der Waals surface area contributed by atoms with Crippen molar-refractivity contribution in [3.8, 4) is 5.69 Å². The molecule has 4 rings (SSSR count). The summed E-state index contributed by atoms with van der Waals surface area (Å²) in [5, 5.41) is 11.3. The number of carbonyl (C=O) groups excluding carboxylic acids is 1. The zero-order valence-corrected chi connectivity index (χ0v) is 16.0. The summed E-state index contributed by atoms with van der Waals surface area (Å²) in [5.74, 6) is -0.281. The van der Waals surface area contributed by atoms with Crippen LogP contribution >= 0.6 is 11.6 Å². The number of halogens is 1. The van der Waals surface area contributed by atoms with Gasteiger partial charge in [-0.1, -0.05) is 22.9 Å². The molecule has 3 heterocycles. The molecule has 0 unspecified atom stereocenters. The summed E-state index contributed by atoms with van der Waals surface area (Å²) in [6.07, 6.45) is 3.30. The van der Waals surface area contributed by atoms with Crippen molar-refractivity contribution in [1.82, 2.24) is 29.9 Å². The van der Waals surface area contributed by atoms with Crippen molar-refractivity contribution in [2.24, 2.45) is 0 Å². The minimum atomic E-state index is -0.429. The SMILES string of the molecule is Cc1ccc(-n2nnc3c(=O)n(CC(=O)NC[C@H]4CCCO4)cnc32)cc1Cl. The molecule has 28 heavy (non-hydrogen) atoms. The first-order valence-corrected chi connectivity index (χ1v) is 9.36. The smallest absolute Gasteiger partial charge is 0.284 e. The van der Waals surface area contributed by atoms with E-state index in [1.165, 1.54) is 15.6 Å². The van der Waals surface area contributed by atoms with Gasteiger partial charge in [0.2, 0.25) is 5.91 Å². The Morgan fingerprint density at radius 1 is 1.43 bits per heavy atom. The van der Waals surface area contributed by atoms with Gasteiger partial charge in [-0.3, -0.25) is 14.2 Å². The van der Waals surface area contributed by atoms with E-state index in [9.17, 15) is 9.59 Å². The van der Waals surface area contributed by atoms with Crippen LogP contribution in [-0.4, -0.2) is 49.7 Å². The third-order valence-electron chi connectivity index (χ3n) is 4.69. The second-order valence-corrected chi connectivity index (χ2v) is 7.13. The number of fused-ring (bicyclic) bond motifs is 1. The third kappa shape index (κ3) is 3.63. The van der Waals surface area contributed by atoms with Crippen LogP contribution in [-0.2, 0) is 16.1 Å². The van der Waals surface area contributed by atoms with Crippen LogP contribution < -0.4 is 10.9 Å². The van der Waals surface area contributed by atoms with Gasteiger partial charge < -0.3 is 10.1 Å². The van der Waals surface area contributed by atoms with E-state index >= 15 is 0 Å². The largest absolute Gasteiger partial charge is 0.376 e. The molecule has 3 aromatic rings. The van der Waals surface area contributed by atoms with Crippen LogP contribution in [0.2, 0.25) is 5.02 Å². The van der Waals surface area contributed by atoms with Gasteiger partial charge in [0, 0.05) is 18.2 Å². The Morgan fingerprint density at radius 2 is 2.29 bits per heavy atom. The first-order chi connectivity index (χ1) is 13.5. The highest BCUT2D eigenvalue weighted by Crippen LogP contribution is 2.20. The van der Waals surface area contributed by atoms with Crippen molar-refractivity contribution >= 4 is 28.7 Å². The number of aromatic nitrogens is 5. The number of hydrogen-bond donors (Lipinski definition) is 1. The molecule has 1 atom stereocenters. The first-order valence-electron chi connectivity index (χ1n) is 8.98. The summed E-state index contributed by atoms with van der Waals surface area (Å²) in [7, 11) is 0. The molecule has 1 aliphatic heterocycles. The molecule has 146 valence electrons. The third-order valence-corrected chi connectivity index (χ3v) is 5.10. The monoisotopic (exact) mass is 402 g/mol. The molecule has 0 bridgehead atoms. The molecular weight excluding hydrogens is 384 g/mol. The summed E-state index contributed by atoms with van der Waals surface area (Å²) in [5.41, 5.74) is 1.55. The number of aryl methyl sites for hydroxylation is 1. The van der Waals surface area contributed by atoms with Crippen LogP contribution in [0.4, 0.5) is 0 Å². The zero-order valence-electron chi connectivity index (χ0n) is 15.3. The molecule has 1 saturated heterocycles. The van der Waals surface area contributed by atoms with E-state index in [0.29, 0.717) is 22.9 Å². The van der Waals surface area contributed by atoms with Gasteiger partial charge in [-0.2, -0.15) is 4.68 Å². The fourth-order valence-corrected chi connectivity index (χ4v) is 3.26. The number of rotatable bonds is 5. The van der Waals surface area contributed by atoms with Crippen molar-refractivity contribution in [2.75, 3.05) is 13.2 Å². The number of carbonyl (C=O) groups is 1. The summed E-state index contributed by atoms with van der Waals surface area (Å²) in [4.78, 5) is 29.1. The van der Waals surface area contributed by atoms with Gasteiger partial charge in [-0.05, 0) is 37.5 Å². The van der Waals surface area contributed by atoms with Gasteiger partial charge in [0.15, 0.2) is 11.2 Å². The summed E-state index contributed by atoms with van der Waals surface area (Å²) < 4.78 is 8.13. The molecule has 10 heteroatoms. The topological polar surface area (TPSA) is 104 Å². The molecule has 0 aliphatic carbocycles. The van der Waals surface area contributed by atoms with E-state index in [1.807, 2.05) is 19.1 Å². The number of benzene rings is 1. The molecule has 2 aromatic heterocycles. The first kappa shape index (κ1) is 18.6. The highest BCUT2D eigenvalue weighted by atomic mass is 35.5. The second kappa shape index (κ2) is 7.69. The minimum Gasteiger partial charge on any atom is -0.376 e. The Morgan fingerprint density at radius 3 is 3.04 bits per heavy atom. The molecule has 1 amide bonds. The lowest BCUT2D eigenvalue weighted by molar-refractivity contribution is -0.122. The maximum atomic E-state index is 12.7. The van der Waals surface area contributed by atoms with E-state index in [2.05, 4.69) is 20.6 Å². The predicted octanol–water partition coefficient (Wildman–Crippen LogP) is 1.23. The standard InChI is InChI=1S/C18H19ClN6O3/c1-11-4-5-12(7-14(11)19)25-17-16(22-23-25)18(27)24(10-21-17)9-15(26)20-8-13-3-2-6-28-13/h4-5,7,10,13H,2-3,6,8-9H2,1H3,(H,20,26)/t13-/m1/s1. The summed E-state index contributed by atoms with van der Waals surface area (Å²) in [6.45, 7) is 2.92. The lowest BCUT2D eigenvalue weighted by atomic mass is 10.2. The van der Waals surface area contributed by atoms with Crippen molar-refractivity contribution in [3.63, 3.8) is 0 Å². The van der Waals surface area contributed by atoms with E-state index < -0.39 is 5.56 Å². The number of nitrogens with zero attached hydrogens (tertiary/aromatic N) is 5. The van der Waals surface area contributed by atoms with Crippen molar-refractivity contribution in [1.29, 1.82) is 0 Å². The Kier molecular flexibility index (Phi) is 5.10. The van der Waals surface area contributed by atoms with E-state index in [0.717, 1.165) is 25.0 Å². The van der Waals surface area contributed by atoms with Crippen LogP contribution in [0.5, 0.6) is 0 Å². The van der Waals surface area contributed by atoms with E-state index in [-0.39, 0.29) is 24.1 Å². The highest BCUT2D eigenvalue weighted by Gasteiger charge is 2.18. The fourth-order valence-electron chi connectivity index (χ4n) is 3.09. The highest BCUT2D eigenvalue weighted by molar-refractivity contribution is 6.31. The fraction of sp³-hybridized carbons (Fsp3) is 0.389. The number of ether oxygens (including phenoxy) is 1. The summed E-state index contributed by atoms with van der Waals surface area (Å²) in [6, 6.07) is 5.41. The number of hydrogen-bond acceptors (Lipinski definition) is 6. The van der Waals surface area contributed by atoms with Crippen molar-refractivity contribution in [2.45, 2.75) is 32.4 Å². The van der Waals surface area contributed by atoms with Gasteiger partial charge in [0.05, 0.1) is 11.8 Å². The molecule has 9 nitrogen and oxygen atoms in total. The minimum absolute atomic E-state index is 0.0440. The van der Waals surface area contributed by atoms with Crippen LogP contribution in [0.1, 0.15) is 18.4 Å². The lowest BCUT2D eigenvalue weighted by Crippen LogP contribution is -2.36. The van der Waals surface area contributed by atoms with Gasteiger partial charge >= 0.3 is 0 Å². The average Bonchev–Trinajstić information content (AvgIpc) is 3.34. The normalized spacial score (nSPS) is 16.6. The lowest BCUT2D eigenvalue weighted by Gasteiger charge is -2.11. The molecule has 0 spiro atoms. The average molecular weight is 403 g/mol. The van der Waals surface area contributed by atoms with Crippen molar-refractivity contribution in [3.05, 3.63) is 45.5 Å². The molecular formula is C18H19ClN6O3. The molecule has 0 radical (unpaired) electrons. The van der Waals surface area contributed by atoms with Crippen LogP contribution in [0.3, 0.4) is 0 Å². The van der Waals surface area contributed by atoms with Gasteiger partial charge in [-0.15, -0.1) is 5.10 Å². The molecule has 1 aliphatic rings. The van der Waals surface area contributed by atoms with E-state index in [4.69, 9.17) is 16.3 Å². The van der Waals surface area contributed by atoms with Crippen LogP contribution in [0.25, 0.3) is 16.9 Å². The Labute approximate surface area is 165 Å². The maximum Gasteiger partial charge on any atom is 0.284 e. The number of nitrogens with one attached hydrogen (secondary N) is 1. The Hall–Kier alpha value is -2.78. The molecule has 1 fully saturated rings. The van der Waals surface area contributed by atoms with Gasteiger partial charge in [-0.25, -0.2) is 4.98 Å².